The van der Waals surface area contributed by atoms with Gasteiger partial charge in [0.15, 0.2) is 0 Å². The summed E-state index contributed by atoms with van der Waals surface area (Å²) in [4.78, 5) is 11.2. The van der Waals surface area contributed by atoms with Crippen molar-refractivity contribution in [2.75, 3.05) is 13.1 Å². The zero-order valence-corrected chi connectivity index (χ0v) is 8.58. The maximum absolute atomic E-state index is 11.2. The minimum absolute atomic E-state index is 0.0952. The van der Waals surface area contributed by atoms with Crippen molar-refractivity contribution in [2.45, 2.75) is 26.9 Å². The van der Waals surface area contributed by atoms with E-state index >= 15 is 0 Å². The van der Waals surface area contributed by atoms with Gasteiger partial charge in [0.05, 0.1) is 6.10 Å². The normalized spacial score (nSPS) is 15.5. The summed E-state index contributed by atoms with van der Waals surface area (Å²) >= 11 is 0. The van der Waals surface area contributed by atoms with Crippen LogP contribution < -0.4 is 11.1 Å². The van der Waals surface area contributed by atoms with Crippen LogP contribution in [-0.4, -0.2) is 30.2 Å². The van der Waals surface area contributed by atoms with Crippen LogP contribution in [0.4, 0.5) is 0 Å². The molecule has 4 nitrogen and oxygen atoms in total. The van der Waals surface area contributed by atoms with E-state index in [1.807, 2.05) is 13.8 Å². The van der Waals surface area contributed by atoms with Crippen molar-refractivity contribution >= 4 is 5.91 Å². The highest BCUT2D eigenvalue weighted by Crippen LogP contribution is 1.99. The van der Waals surface area contributed by atoms with Crippen molar-refractivity contribution in [3.05, 3.63) is 0 Å². The Kier molecular flexibility index (Phi) is 5.66. The summed E-state index contributed by atoms with van der Waals surface area (Å²) in [5, 5.41) is 12.0. The summed E-state index contributed by atoms with van der Waals surface area (Å²) < 4.78 is 0. The van der Waals surface area contributed by atoms with Gasteiger partial charge < -0.3 is 16.2 Å². The second kappa shape index (κ2) is 5.94. The van der Waals surface area contributed by atoms with Crippen LogP contribution in [0.15, 0.2) is 0 Å². The molecule has 0 aromatic heterocycles. The van der Waals surface area contributed by atoms with Gasteiger partial charge in [0, 0.05) is 19.0 Å². The Bertz CT molecular complexity index is 160. The molecule has 13 heavy (non-hydrogen) atoms. The van der Waals surface area contributed by atoms with Gasteiger partial charge in [0.2, 0.25) is 5.91 Å². The number of rotatable bonds is 5. The second-order valence-corrected chi connectivity index (χ2v) is 3.69. The van der Waals surface area contributed by atoms with Gasteiger partial charge >= 0.3 is 0 Å². The third-order valence-corrected chi connectivity index (χ3v) is 2.06. The van der Waals surface area contributed by atoms with Crippen LogP contribution in [0.25, 0.3) is 0 Å². The Morgan fingerprint density at radius 2 is 2.00 bits per heavy atom. The van der Waals surface area contributed by atoms with Crippen LogP contribution in [0, 0.1) is 11.8 Å². The fraction of sp³-hybridized carbons (Fsp3) is 0.889. The quantitative estimate of drug-likeness (QED) is 0.555. The fourth-order valence-corrected chi connectivity index (χ4v) is 0.722. The topological polar surface area (TPSA) is 75.4 Å². The molecule has 0 aromatic carbocycles. The molecule has 0 heterocycles. The molecule has 0 rings (SSSR count). The van der Waals surface area contributed by atoms with Crippen molar-refractivity contribution in [1.29, 1.82) is 0 Å². The first kappa shape index (κ1) is 12.4. The van der Waals surface area contributed by atoms with E-state index in [2.05, 4.69) is 5.32 Å². The Morgan fingerprint density at radius 3 is 2.38 bits per heavy atom. The summed E-state index contributed by atoms with van der Waals surface area (Å²) in [6.45, 7) is 6.22. The maximum Gasteiger partial charge on any atom is 0.224 e. The van der Waals surface area contributed by atoms with E-state index in [1.54, 1.807) is 6.92 Å². The highest BCUT2D eigenvalue weighted by Gasteiger charge is 2.13. The predicted molar refractivity (Wildman–Crippen MR) is 52.1 cm³/mol. The molecule has 0 spiro atoms. The number of nitrogens with two attached hydrogens (primary N) is 1. The fourth-order valence-electron chi connectivity index (χ4n) is 0.722. The summed E-state index contributed by atoms with van der Waals surface area (Å²) in [6, 6.07) is 0. The van der Waals surface area contributed by atoms with Crippen molar-refractivity contribution in [2.24, 2.45) is 17.6 Å². The Balaban J connectivity index is 3.70. The predicted octanol–water partition coefficient (Wildman–Crippen LogP) is -0.286. The highest BCUT2D eigenvalue weighted by molar-refractivity contribution is 5.78. The molecule has 0 fully saturated rings. The van der Waals surface area contributed by atoms with Crippen LogP contribution in [0.5, 0.6) is 0 Å². The molecule has 4 heteroatoms. The number of aliphatic hydroxyl groups excluding tert-OH is 1. The SMILES string of the molecule is CC(CN)C(=O)NCC(O)C(C)C. The lowest BCUT2D eigenvalue weighted by Gasteiger charge is -2.16. The van der Waals surface area contributed by atoms with Crippen LogP contribution in [0.3, 0.4) is 0 Å². The Labute approximate surface area is 79.5 Å². The molecular formula is C9H20N2O2. The first-order valence-electron chi connectivity index (χ1n) is 4.64. The van der Waals surface area contributed by atoms with E-state index < -0.39 is 6.10 Å². The summed E-state index contributed by atoms with van der Waals surface area (Å²) in [5.74, 6) is -0.116. The smallest absolute Gasteiger partial charge is 0.224 e. The van der Waals surface area contributed by atoms with Crippen molar-refractivity contribution < 1.29 is 9.90 Å². The van der Waals surface area contributed by atoms with E-state index in [4.69, 9.17) is 5.73 Å². The molecule has 0 aromatic rings. The molecule has 0 radical (unpaired) electrons. The number of hydrogen-bond donors (Lipinski definition) is 3. The van der Waals surface area contributed by atoms with Gasteiger partial charge in [-0.15, -0.1) is 0 Å². The van der Waals surface area contributed by atoms with E-state index in [1.165, 1.54) is 0 Å². The van der Waals surface area contributed by atoms with E-state index in [0.717, 1.165) is 0 Å². The lowest BCUT2D eigenvalue weighted by Crippen LogP contribution is -2.39. The minimum Gasteiger partial charge on any atom is -0.391 e. The van der Waals surface area contributed by atoms with Crippen molar-refractivity contribution in [1.82, 2.24) is 5.32 Å². The number of carbonyl (C=O) groups excluding carboxylic acids is 1. The number of hydrogen-bond acceptors (Lipinski definition) is 3. The maximum atomic E-state index is 11.2. The monoisotopic (exact) mass is 188 g/mol. The zero-order chi connectivity index (χ0) is 10.4. The number of nitrogens with one attached hydrogen (secondary N) is 1. The number of amides is 1. The van der Waals surface area contributed by atoms with E-state index in [9.17, 15) is 9.90 Å². The first-order valence-corrected chi connectivity index (χ1v) is 4.64. The number of carbonyl (C=O) groups is 1. The highest BCUT2D eigenvalue weighted by atomic mass is 16.3. The van der Waals surface area contributed by atoms with Crippen molar-refractivity contribution in [3.63, 3.8) is 0 Å². The van der Waals surface area contributed by atoms with Crippen LogP contribution >= 0.6 is 0 Å². The van der Waals surface area contributed by atoms with Gasteiger partial charge in [-0.25, -0.2) is 0 Å². The second-order valence-electron chi connectivity index (χ2n) is 3.69. The molecule has 2 unspecified atom stereocenters. The van der Waals surface area contributed by atoms with Gasteiger partial charge in [0.1, 0.15) is 0 Å². The molecule has 4 N–H and O–H groups in total. The van der Waals surface area contributed by atoms with Crippen LogP contribution in [-0.2, 0) is 4.79 Å². The van der Waals surface area contributed by atoms with Gasteiger partial charge in [-0.1, -0.05) is 20.8 Å². The molecule has 0 saturated carbocycles. The standard InChI is InChI=1S/C9H20N2O2/c1-6(2)8(12)5-11-9(13)7(3)4-10/h6-8,12H,4-5,10H2,1-3H3,(H,11,13). The lowest BCUT2D eigenvalue weighted by atomic mass is 10.1. The van der Waals surface area contributed by atoms with Gasteiger partial charge in [-0.3, -0.25) is 4.79 Å². The number of aliphatic hydroxyl groups is 1. The van der Waals surface area contributed by atoms with Crippen molar-refractivity contribution in [3.8, 4) is 0 Å². The molecule has 0 bridgehead atoms. The Morgan fingerprint density at radius 1 is 1.46 bits per heavy atom. The third-order valence-electron chi connectivity index (χ3n) is 2.06. The zero-order valence-electron chi connectivity index (χ0n) is 8.58. The van der Waals surface area contributed by atoms with E-state index in [-0.39, 0.29) is 17.7 Å². The lowest BCUT2D eigenvalue weighted by molar-refractivity contribution is -0.124. The summed E-state index contributed by atoms with van der Waals surface area (Å²) in [6.07, 6.45) is -0.478. The third kappa shape index (κ3) is 4.85. The average molecular weight is 188 g/mol. The van der Waals surface area contributed by atoms with E-state index in [0.29, 0.717) is 13.1 Å². The molecule has 1 amide bonds. The Hall–Kier alpha value is -0.610. The van der Waals surface area contributed by atoms with Gasteiger partial charge in [-0.2, -0.15) is 0 Å². The van der Waals surface area contributed by atoms with Crippen LogP contribution in [0.1, 0.15) is 20.8 Å². The summed E-state index contributed by atoms with van der Waals surface area (Å²) in [7, 11) is 0. The van der Waals surface area contributed by atoms with Gasteiger partial charge in [-0.05, 0) is 5.92 Å². The molecular weight excluding hydrogens is 168 g/mol. The molecule has 0 aliphatic rings. The molecule has 2 atom stereocenters. The molecule has 0 saturated heterocycles. The van der Waals surface area contributed by atoms with Gasteiger partial charge in [0.25, 0.3) is 0 Å². The largest absolute Gasteiger partial charge is 0.391 e. The minimum atomic E-state index is -0.478. The van der Waals surface area contributed by atoms with Crippen LogP contribution in [0.2, 0.25) is 0 Å². The average Bonchev–Trinajstić information content (AvgIpc) is 2.11. The first-order chi connectivity index (χ1) is 5.99. The molecule has 0 aliphatic carbocycles. The molecule has 78 valence electrons. The summed E-state index contributed by atoms with van der Waals surface area (Å²) in [5.41, 5.74) is 5.32. The molecule has 0 aliphatic heterocycles.